The van der Waals surface area contributed by atoms with Crippen LogP contribution in [0, 0.1) is 0 Å². The zero-order chi connectivity index (χ0) is 14.6. The molecule has 0 atom stereocenters. The maximum Gasteiger partial charge on any atom is 0.243 e. The van der Waals surface area contributed by atoms with Crippen LogP contribution < -0.4 is 11.1 Å². The number of nitrogens with one attached hydrogen (secondary N) is 1. The Morgan fingerprint density at radius 3 is 2.35 bits per heavy atom. The summed E-state index contributed by atoms with van der Waals surface area (Å²) in [5.41, 5.74) is 5.74. The monoisotopic (exact) mass is 338 g/mol. The quantitative estimate of drug-likeness (QED) is 0.864. The lowest BCUT2D eigenvalue weighted by molar-refractivity contribution is -0.131. The zero-order valence-corrected chi connectivity index (χ0v) is 12.9. The van der Waals surface area contributed by atoms with Crippen LogP contribution in [0.25, 0.3) is 0 Å². The van der Waals surface area contributed by atoms with Crippen LogP contribution in [-0.2, 0) is 16.0 Å². The largest absolute Gasteiger partial charge is 0.368 e. The molecule has 0 saturated heterocycles. The molecule has 0 spiro atoms. The van der Waals surface area contributed by atoms with Crippen molar-refractivity contribution in [3.05, 3.63) is 34.3 Å². The molecule has 1 aromatic rings. The first-order chi connectivity index (χ1) is 9.52. The Morgan fingerprint density at radius 1 is 1.20 bits per heavy atom. The van der Waals surface area contributed by atoms with Gasteiger partial charge in [0.15, 0.2) is 0 Å². The first kappa shape index (κ1) is 15.0. The Bertz CT molecular complexity index is 493. The number of carbonyl (C=O) groups excluding carboxylic acids is 2. The Labute approximate surface area is 127 Å². The van der Waals surface area contributed by atoms with E-state index in [2.05, 4.69) is 21.2 Å². The second kappa shape index (κ2) is 6.39. The number of hydrogen-bond acceptors (Lipinski definition) is 2. The van der Waals surface area contributed by atoms with Gasteiger partial charge in [-0.3, -0.25) is 9.59 Å². The molecule has 2 amide bonds. The van der Waals surface area contributed by atoms with E-state index in [-0.39, 0.29) is 5.91 Å². The van der Waals surface area contributed by atoms with Crippen molar-refractivity contribution in [2.75, 3.05) is 0 Å². The number of amides is 2. The van der Waals surface area contributed by atoms with Gasteiger partial charge in [-0.2, -0.15) is 0 Å². The van der Waals surface area contributed by atoms with E-state index in [0.29, 0.717) is 25.7 Å². The minimum atomic E-state index is -0.809. The second-order valence-corrected chi connectivity index (χ2v) is 6.24. The minimum absolute atomic E-state index is 0.103. The molecule has 1 fully saturated rings. The van der Waals surface area contributed by atoms with Crippen molar-refractivity contribution in [1.82, 2.24) is 5.32 Å². The van der Waals surface area contributed by atoms with Crippen LogP contribution in [0.2, 0.25) is 0 Å². The number of carbonyl (C=O) groups is 2. The average molecular weight is 339 g/mol. The van der Waals surface area contributed by atoms with Crippen molar-refractivity contribution in [2.24, 2.45) is 5.73 Å². The summed E-state index contributed by atoms with van der Waals surface area (Å²) >= 11 is 3.38. The van der Waals surface area contributed by atoms with Gasteiger partial charge in [0.1, 0.15) is 5.54 Å². The van der Waals surface area contributed by atoms with E-state index in [1.807, 2.05) is 24.3 Å². The third kappa shape index (κ3) is 3.60. The lowest BCUT2D eigenvalue weighted by Crippen LogP contribution is -2.55. The van der Waals surface area contributed by atoms with Crippen LogP contribution in [0.15, 0.2) is 28.7 Å². The third-order valence-corrected chi connectivity index (χ3v) is 4.39. The van der Waals surface area contributed by atoms with Crippen molar-refractivity contribution >= 4 is 27.7 Å². The Kier molecular flexibility index (Phi) is 4.81. The van der Waals surface area contributed by atoms with E-state index in [0.717, 1.165) is 22.9 Å². The molecule has 0 unspecified atom stereocenters. The molecule has 1 aliphatic carbocycles. The summed E-state index contributed by atoms with van der Waals surface area (Å²) in [6, 6.07) is 7.87. The topological polar surface area (TPSA) is 72.2 Å². The molecule has 2 rings (SSSR count). The highest BCUT2D eigenvalue weighted by Gasteiger charge is 2.40. The molecule has 1 aromatic carbocycles. The van der Waals surface area contributed by atoms with E-state index in [1.54, 1.807) is 0 Å². The highest BCUT2D eigenvalue weighted by atomic mass is 79.9. The standard InChI is InChI=1S/C15H19BrN2O2/c16-12-6-3-11(4-7-12)5-8-13(19)18-15(14(17)20)9-1-2-10-15/h3-4,6-7H,1-2,5,8-10H2,(H2,17,20)(H,18,19). The average Bonchev–Trinajstić information content (AvgIpc) is 2.88. The number of hydrogen-bond donors (Lipinski definition) is 2. The van der Waals surface area contributed by atoms with Crippen molar-refractivity contribution < 1.29 is 9.59 Å². The molecule has 1 saturated carbocycles. The summed E-state index contributed by atoms with van der Waals surface area (Å²) < 4.78 is 1.02. The number of rotatable bonds is 5. The molecule has 0 radical (unpaired) electrons. The fraction of sp³-hybridized carbons (Fsp3) is 0.467. The summed E-state index contributed by atoms with van der Waals surface area (Å²) in [6.07, 6.45) is 4.23. The SMILES string of the molecule is NC(=O)C1(NC(=O)CCc2ccc(Br)cc2)CCCC1. The maximum absolute atomic E-state index is 12.0. The first-order valence-corrected chi connectivity index (χ1v) is 7.66. The van der Waals surface area contributed by atoms with Gasteiger partial charge >= 0.3 is 0 Å². The smallest absolute Gasteiger partial charge is 0.243 e. The Morgan fingerprint density at radius 2 is 1.80 bits per heavy atom. The molecule has 4 nitrogen and oxygen atoms in total. The Balaban J connectivity index is 1.89. The normalized spacial score (nSPS) is 16.9. The molecular weight excluding hydrogens is 320 g/mol. The molecular formula is C15H19BrN2O2. The second-order valence-electron chi connectivity index (χ2n) is 5.33. The minimum Gasteiger partial charge on any atom is -0.368 e. The van der Waals surface area contributed by atoms with Crippen LogP contribution in [0.3, 0.4) is 0 Å². The van der Waals surface area contributed by atoms with Crippen LogP contribution in [-0.4, -0.2) is 17.4 Å². The van der Waals surface area contributed by atoms with Crippen LogP contribution in [0.5, 0.6) is 0 Å². The van der Waals surface area contributed by atoms with Crippen LogP contribution in [0.1, 0.15) is 37.7 Å². The number of benzene rings is 1. The van der Waals surface area contributed by atoms with Gasteiger partial charge < -0.3 is 11.1 Å². The van der Waals surface area contributed by atoms with Crippen molar-refractivity contribution in [1.29, 1.82) is 0 Å². The molecule has 0 heterocycles. The van der Waals surface area contributed by atoms with Gasteiger partial charge in [-0.15, -0.1) is 0 Å². The van der Waals surface area contributed by atoms with Crippen LogP contribution >= 0.6 is 15.9 Å². The fourth-order valence-corrected chi connectivity index (χ4v) is 2.91. The van der Waals surface area contributed by atoms with Gasteiger partial charge in [0.2, 0.25) is 11.8 Å². The lowest BCUT2D eigenvalue weighted by atomic mass is 9.96. The van der Waals surface area contributed by atoms with Gasteiger partial charge in [0, 0.05) is 10.9 Å². The molecule has 108 valence electrons. The predicted octanol–water partition coefficient (Wildman–Crippen LogP) is 2.30. The van der Waals surface area contributed by atoms with Crippen LogP contribution in [0.4, 0.5) is 0 Å². The predicted molar refractivity (Wildman–Crippen MR) is 81.0 cm³/mol. The third-order valence-electron chi connectivity index (χ3n) is 3.86. The van der Waals surface area contributed by atoms with E-state index in [1.165, 1.54) is 0 Å². The van der Waals surface area contributed by atoms with Gasteiger partial charge in [-0.05, 0) is 37.0 Å². The molecule has 0 aliphatic heterocycles. The first-order valence-electron chi connectivity index (χ1n) is 6.87. The van der Waals surface area contributed by atoms with Gasteiger partial charge in [0.25, 0.3) is 0 Å². The highest BCUT2D eigenvalue weighted by Crippen LogP contribution is 2.29. The molecule has 20 heavy (non-hydrogen) atoms. The fourth-order valence-electron chi connectivity index (χ4n) is 2.65. The summed E-state index contributed by atoms with van der Waals surface area (Å²) in [5.74, 6) is -0.513. The number of nitrogens with two attached hydrogens (primary N) is 1. The summed E-state index contributed by atoms with van der Waals surface area (Å²) in [6.45, 7) is 0. The lowest BCUT2D eigenvalue weighted by Gasteiger charge is -2.26. The van der Waals surface area contributed by atoms with Gasteiger partial charge in [-0.25, -0.2) is 0 Å². The maximum atomic E-state index is 12.0. The Hall–Kier alpha value is -1.36. The van der Waals surface area contributed by atoms with Gasteiger partial charge in [-0.1, -0.05) is 40.9 Å². The molecule has 1 aliphatic rings. The van der Waals surface area contributed by atoms with Crippen molar-refractivity contribution in [3.8, 4) is 0 Å². The molecule has 3 N–H and O–H groups in total. The van der Waals surface area contributed by atoms with E-state index in [9.17, 15) is 9.59 Å². The number of halogens is 1. The van der Waals surface area contributed by atoms with E-state index < -0.39 is 11.4 Å². The number of aryl methyl sites for hydroxylation is 1. The van der Waals surface area contributed by atoms with Crippen molar-refractivity contribution in [2.45, 2.75) is 44.1 Å². The van der Waals surface area contributed by atoms with Crippen molar-refractivity contribution in [3.63, 3.8) is 0 Å². The zero-order valence-electron chi connectivity index (χ0n) is 11.3. The molecule has 0 aromatic heterocycles. The van der Waals surface area contributed by atoms with E-state index in [4.69, 9.17) is 5.73 Å². The summed E-state index contributed by atoms with van der Waals surface area (Å²) in [5, 5.41) is 2.85. The molecule has 5 heteroatoms. The van der Waals surface area contributed by atoms with Gasteiger partial charge in [0.05, 0.1) is 0 Å². The summed E-state index contributed by atoms with van der Waals surface area (Å²) in [7, 11) is 0. The number of primary amides is 1. The highest BCUT2D eigenvalue weighted by molar-refractivity contribution is 9.10. The molecule has 0 bridgehead atoms. The summed E-state index contributed by atoms with van der Waals surface area (Å²) in [4.78, 5) is 23.6. The van der Waals surface area contributed by atoms with E-state index >= 15 is 0 Å².